The summed E-state index contributed by atoms with van der Waals surface area (Å²) in [6.07, 6.45) is 12.9. The number of benzene rings is 1. The van der Waals surface area contributed by atoms with E-state index in [4.69, 9.17) is 14.7 Å². The molecular weight excluding hydrogens is 628 g/mol. The molecule has 1 aromatic carbocycles. The number of fused-ring (bicyclic) bond motifs is 1. The molecule has 2 aromatic heterocycles. The summed E-state index contributed by atoms with van der Waals surface area (Å²) >= 11 is 0. The van der Waals surface area contributed by atoms with Crippen molar-refractivity contribution in [1.29, 1.82) is 0 Å². The van der Waals surface area contributed by atoms with Crippen LogP contribution in [0.25, 0.3) is 11.2 Å². The van der Waals surface area contributed by atoms with Crippen LogP contribution in [0.2, 0.25) is 0 Å². The van der Waals surface area contributed by atoms with Crippen LogP contribution < -0.4 is 16.0 Å². The average Bonchev–Trinajstić information content (AvgIpc) is 3.47. The molecule has 1 saturated heterocycles. The highest BCUT2D eigenvalue weighted by Crippen LogP contribution is 2.38. The van der Waals surface area contributed by atoms with E-state index in [0.29, 0.717) is 35.7 Å². The second-order valence-corrected chi connectivity index (χ2v) is 14.0. The lowest BCUT2D eigenvalue weighted by atomic mass is 9.85. The highest BCUT2D eigenvalue weighted by Gasteiger charge is 2.32. The zero-order chi connectivity index (χ0) is 34.2. The first-order valence-electron chi connectivity index (χ1n) is 18.4. The lowest BCUT2D eigenvalue weighted by Gasteiger charge is -2.32. The number of likely N-dealkylation sites (tertiary alicyclic amines) is 1. The van der Waals surface area contributed by atoms with Gasteiger partial charge >= 0.3 is 0 Å². The van der Waals surface area contributed by atoms with Gasteiger partial charge < -0.3 is 30.5 Å². The first-order valence-corrected chi connectivity index (χ1v) is 18.4. The molecule has 1 amide bonds. The normalized spacial score (nSPS) is 23.4. The maximum absolute atomic E-state index is 14.8. The molecule has 0 bridgehead atoms. The molecule has 0 radical (unpaired) electrons. The lowest BCUT2D eigenvalue weighted by molar-refractivity contribution is -0.135. The Kier molecular flexibility index (Phi) is 12.3. The minimum Gasteiger partial charge on any atom is -0.377 e. The molecule has 0 unspecified atom stereocenters. The van der Waals surface area contributed by atoms with Gasteiger partial charge in [0.15, 0.2) is 5.65 Å². The zero-order valence-electron chi connectivity index (χ0n) is 29.1. The minimum atomic E-state index is -0.701. The van der Waals surface area contributed by atoms with Crippen LogP contribution in [-0.2, 0) is 9.53 Å². The fourth-order valence-electron chi connectivity index (χ4n) is 7.62. The molecule has 13 heteroatoms. The number of carbonyl (C=O) groups is 1. The number of aromatic nitrogens is 4. The Bertz CT molecular complexity index is 1520. The first kappa shape index (κ1) is 35.4. The van der Waals surface area contributed by atoms with E-state index in [9.17, 15) is 13.6 Å². The van der Waals surface area contributed by atoms with Crippen molar-refractivity contribution in [2.24, 2.45) is 5.92 Å². The SMILES string of the molecule is CCNCCN(C)C(=O)C1CCC(n2c(Nc3ccc(F)cc3F)nc3cnc(NC4CCC(OCCN5CCCCC5)CC4)nc32)CC1. The van der Waals surface area contributed by atoms with Gasteiger partial charge in [-0.1, -0.05) is 13.3 Å². The molecule has 3 N–H and O–H groups in total. The largest absolute Gasteiger partial charge is 0.377 e. The molecule has 3 heterocycles. The number of hydrogen-bond acceptors (Lipinski definition) is 9. The van der Waals surface area contributed by atoms with Crippen molar-refractivity contribution >= 4 is 34.7 Å². The Labute approximate surface area is 288 Å². The van der Waals surface area contributed by atoms with Crippen molar-refractivity contribution in [3.05, 3.63) is 36.0 Å². The summed E-state index contributed by atoms with van der Waals surface area (Å²) < 4.78 is 36.7. The summed E-state index contributed by atoms with van der Waals surface area (Å²) in [5.74, 6) is -0.253. The Morgan fingerprint density at radius 3 is 2.53 bits per heavy atom. The summed E-state index contributed by atoms with van der Waals surface area (Å²) in [6.45, 7) is 8.59. The van der Waals surface area contributed by atoms with Gasteiger partial charge in [0.1, 0.15) is 17.2 Å². The smallest absolute Gasteiger partial charge is 0.225 e. The zero-order valence-corrected chi connectivity index (χ0v) is 29.1. The van der Waals surface area contributed by atoms with Crippen LogP contribution in [0.1, 0.15) is 83.6 Å². The van der Waals surface area contributed by atoms with E-state index < -0.39 is 11.6 Å². The number of carbonyl (C=O) groups excluding carboxylic acids is 1. The summed E-state index contributed by atoms with van der Waals surface area (Å²) in [5, 5.41) is 9.94. The van der Waals surface area contributed by atoms with Crippen LogP contribution in [0, 0.1) is 17.6 Å². The number of nitrogens with zero attached hydrogens (tertiary/aromatic N) is 6. The van der Waals surface area contributed by atoms with E-state index in [1.165, 1.54) is 44.5 Å². The molecule has 0 atom stereocenters. The molecule has 2 aliphatic carbocycles. The third-order valence-corrected chi connectivity index (χ3v) is 10.5. The minimum absolute atomic E-state index is 0.00704. The van der Waals surface area contributed by atoms with Crippen molar-refractivity contribution in [1.82, 2.24) is 34.6 Å². The second-order valence-electron chi connectivity index (χ2n) is 14.0. The maximum atomic E-state index is 14.8. The molecule has 2 saturated carbocycles. The Morgan fingerprint density at radius 1 is 1.02 bits per heavy atom. The fourth-order valence-corrected chi connectivity index (χ4v) is 7.62. The van der Waals surface area contributed by atoms with Gasteiger partial charge in [0.05, 0.1) is 24.6 Å². The monoisotopic (exact) mass is 681 g/mol. The predicted octanol–water partition coefficient (Wildman–Crippen LogP) is 5.87. The number of piperidine rings is 1. The summed E-state index contributed by atoms with van der Waals surface area (Å²) in [6, 6.07) is 3.69. The van der Waals surface area contributed by atoms with E-state index in [-0.39, 0.29) is 29.6 Å². The van der Waals surface area contributed by atoms with E-state index in [1.54, 1.807) is 6.20 Å². The van der Waals surface area contributed by atoms with Crippen molar-refractivity contribution in [3.63, 3.8) is 0 Å². The highest BCUT2D eigenvalue weighted by molar-refractivity contribution is 5.79. The van der Waals surface area contributed by atoms with Gasteiger partial charge in [0.2, 0.25) is 17.8 Å². The third-order valence-electron chi connectivity index (χ3n) is 10.5. The molecule has 268 valence electrons. The van der Waals surface area contributed by atoms with Crippen LogP contribution in [0.5, 0.6) is 0 Å². The number of hydrogen-bond donors (Lipinski definition) is 3. The van der Waals surface area contributed by atoms with E-state index >= 15 is 0 Å². The van der Waals surface area contributed by atoms with Crippen molar-refractivity contribution in [2.75, 3.05) is 63.6 Å². The molecule has 3 aromatic rings. The van der Waals surface area contributed by atoms with Crippen LogP contribution in [0.4, 0.5) is 26.4 Å². The summed E-state index contributed by atoms with van der Waals surface area (Å²) in [5.41, 5.74) is 1.36. The average molecular weight is 682 g/mol. The fraction of sp³-hybridized carbons (Fsp3) is 0.667. The van der Waals surface area contributed by atoms with Crippen molar-refractivity contribution in [3.8, 4) is 0 Å². The highest BCUT2D eigenvalue weighted by atomic mass is 19.1. The molecule has 0 spiro atoms. The van der Waals surface area contributed by atoms with Crippen molar-refractivity contribution in [2.45, 2.75) is 95.7 Å². The quantitative estimate of drug-likeness (QED) is 0.180. The van der Waals surface area contributed by atoms with E-state index in [2.05, 4.69) is 32.8 Å². The third kappa shape index (κ3) is 9.23. The predicted molar refractivity (Wildman–Crippen MR) is 188 cm³/mol. The summed E-state index contributed by atoms with van der Waals surface area (Å²) in [7, 11) is 1.87. The van der Waals surface area contributed by atoms with Crippen LogP contribution >= 0.6 is 0 Å². The number of imidazole rings is 1. The number of rotatable bonds is 14. The van der Waals surface area contributed by atoms with Crippen molar-refractivity contribution < 1.29 is 18.3 Å². The Morgan fingerprint density at radius 2 is 1.80 bits per heavy atom. The Hall–Kier alpha value is -3.42. The molecular formula is C36H53F2N9O2. The number of likely N-dealkylation sites (N-methyl/N-ethyl adjacent to an activating group) is 2. The van der Waals surface area contributed by atoms with Gasteiger partial charge in [-0.3, -0.25) is 9.36 Å². The molecule has 49 heavy (non-hydrogen) atoms. The number of halogens is 2. The number of anilines is 3. The van der Waals surface area contributed by atoms with Gasteiger partial charge in [-0.05, 0) is 96.0 Å². The molecule has 3 aliphatic rings. The maximum Gasteiger partial charge on any atom is 0.225 e. The van der Waals surface area contributed by atoms with Gasteiger partial charge in [-0.15, -0.1) is 0 Å². The van der Waals surface area contributed by atoms with E-state index in [0.717, 1.165) is 83.7 Å². The van der Waals surface area contributed by atoms with Gasteiger partial charge in [-0.2, -0.15) is 4.98 Å². The number of amides is 1. The van der Waals surface area contributed by atoms with Gasteiger partial charge in [0.25, 0.3) is 0 Å². The van der Waals surface area contributed by atoms with Gasteiger partial charge in [0, 0.05) is 50.7 Å². The van der Waals surface area contributed by atoms with Crippen LogP contribution in [-0.4, -0.2) is 100 Å². The first-order chi connectivity index (χ1) is 23.9. The van der Waals surface area contributed by atoms with E-state index in [1.807, 2.05) is 16.5 Å². The lowest BCUT2D eigenvalue weighted by Crippen LogP contribution is -2.39. The second kappa shape index (κ2) is 17.0. The molecule has 6 rings (SSSR count). The molecule has 1 aliphatic heterocycles. The van der Waals surface area contributed by atoms with Crippen LogP contribution in [0.3, 0.4) is 0 Å². The number of ether oxygens (including phenoxy) is 1. The summed E-state index contributed by atoms with van der Waals surface area (Å²) in [4.78, 5) is 31.9. The topological polar surface area (TPSA) is 112 Å². The number of nitrogens with one attached hydrogen (secondary N) is 3. The van der Waals surface area contributed by atoms with Gasteiger partial charge in [-0.25, -0.2) is 18.7 Å². The molecule has 3 fully saturated rings. The molecule has 11 nitrogen and oxygen atoms in total. The standard InChI is InChI=1S/C36H53F2N9O2/c1-3-39-17-20-45(2)34(48)25-7-12-28(13-8-25)47-33-32(43-36(47)42-31-16-9-26(37)23-30(31)38)24-40-35(44-33)41-27-10-14-29(15-11-27)49-22-21-46-18-5-4-6-19-46/h9,16,23-25,27-29,39H,3-8,10-15,17-22H2,1-2H3,(H,42,43)(H,40,41,44). The van der Waals surface area contributed by atoms with Crippen LogP contribution in [0.15, 0.2) is 24.4 Å². The Balaban J connectivity index is 1.12.